The molecule has 0 saturated carbocycles. The maximum atomic E-state index is 13.4. The van der Waals surface area contributed by atoms with Crippen LogP contribution in [0.3, 0.4) is 0 Å². The van der Waals surface area contributed by atoms with Crippen molar-refractivity contribution < 1.29 is 19.0 Å². The van der Waals surface area contributed by atoms with Crippen LogP contribution in [0.25, 0.3) is 0 Å². The molecule has 1 atom stereocenters. The predicted octanol–water partition coefficient (Wildman–Crippen LogP) is 4.15. The molecule has 0 bridgehead atoms. The summed E-state index contributed by atoms with van der Waals surface area (Å²) < 4.78 is 18.6. The van der Waals surface area contributed by atoms with Crippen molar-refractivity contribution in [1.82, 2.24) is 9.47 Å². The molecule has 0 saturated heterocycles. The average Bonchev–Trinajstić information content (AvgIpc) is 3.27. The van der Waals surface area contributed by atoms with Crippen molar-refractivity contribution >= 4 is 11.7 Å². The summed E-state index contributed by atoms with van der Waals surface area (Å²) in [5.74, 6) is 2.02. The zero-order chi connectivity index (χ0) is 21.1. The first kappa shape index (κ1) is 19.7. The highest BCUT2D eigenvalue weighted by Crippen LogP contribution is 2.39. The number of methoxy groups -OCH3 is 3. The summed E-state index contributed by atoms with van der Waals surface area (Å²) in [4.78, 5) is 15.2. The maximum absolute atomic E-state index is 13.4. The molecule has 156 valence electrons. The van der Waals surface area contributed by atoms with Gasteiger partial charge in [-0.1, -0.05) is 12.1 Å². The number of anilines is 1. The van der Waals surface area contributed by atoms with E-state index in [0.29, 0.717) is 36.0 Å². The van der Waals surface area contributed by atoms with Crippen LogP contribution in [0.2, 0.25) is 0 Å². The smallest absolute Gasteiger partial charge is 0.322 e. The highest BCUT2D eigenvalue weighted by atomic mass is 16.5. The van der Waals surface area contributed by atoms with Crippen molar-refractivity contribution in [3.05, 3.63) is 72.1 Å². The van der Waals surface area contributed by atoms with Crippen LogP contribution >= 0.6 is 0 Å². The summed E-state index contributed by atoms with van der Waals surface area (Å²) in [5, 5.41) is 3.00. The van der Waals surface area contributed by atoms with E-state index < -0.39 is 0 Å². The molecule has 0 spiro atoms. The van der Waals surface area contributed by atoms with Gasteiger partial charge in [0.25, 0.3) is 0 Å². The van der Waals surface area contributed by atoms with E-state index >= 15 is 0 Å². The minimum atomic E-state index is -0.325. The number of carbonyl (C=O) groups excluding carboxylic acids is 1. The fourth-order valence-electron chi connectivity index (χ4n) is 3.92. The molecule has 0 unspecified atom stereocenters. The summed E-state index contributed by atoms with van der Waals surface area (Å²) in [6.07, 6.45) is 2.03. The highest BCUT2D eigenvalue weighted by molar-refractivity contribution is 5.91. The zero-order valence-corrected chi connectivity index (χ0v) is 17.3. The maximum Gasteiger partial charge on any atom is 0.322 e. The molecule has 7 nitrogen and oxygen atoms in total. The van der Waals surface area contributed by atoms with Crippen LogP contribution in [-0.4, -0.2) is 43.4 Å². The Morgan fingerprint density at radius 2 is 1.73 bits per heavy atom. The lowest BCUT2D eigenvalue weighted by Gasteiger charge is -2.38. The second-order valence-corrected chi connectivity index (χ2v) is 6.96. The van der Waals surface area contributed by atoms with E-state index in [1.165, 1.54) is 0 Å². The Bertz CT molecular complexity index is 1050. The van der Waals surface area contributed by atoms with Gasteiger partial charge in [-0.2, -0.15) is 0 Å². The van der Waals surface area contributed by atoms with Gasteiger partial charge < -0.3 is 29.0 Å². The Morgan fingerprint density at radius 1 is 0.933 bits per heavy atom. The Hall–Kier alpha value is -3.61. The number of ether oxygens (including phenoxy) is 3. The van der Waals surface area contributed by atoms with Crippen LogP contribution in [0.5, 0.6) is 17.2 Å². The normalized spacial score (nSPS) is 15.3. The van der Waals surface area contributed by atoms with Gasteiger partial charge in [-0.3, -0.25) is 0 Å². The molecule has 1 aromatic heterocycles. The molecule has 2 amide bonds. The van der Waals surface area contributed by atoms with Gasteiger partial charge in [0, 0.05) is 30.5 Å². The number of nitrogens with one attached hydrogen (secondary N) is 1. The van der Waals surface area contributed by atoms with Gasteiger partial charge in [-0.25, -0.2) is 4.79 Å². The van der Waals surface area contributed by atoms with Crippen molar-refractivity contribution in [2.75, 3.05) is 33.2 Å². The zero-order valence-electron chi connectivity index (χ0n) is 17.3. The van der Waals surface area contributed by atoms with E-state index in [1.807, 2.05) is 65.7 Å². The van der Waals surface area contributed by atoms with Gasteiger partial charge in [-0.05, 0) is 42.5 Å². The summed E-state index contributed by atoms with van der Waals surface area (Å²) in [5.41, 5.74) is 2.51. The fourth-order valence-corrected chi connectivity index (χ4v) is 3.92. The van der Waals surface area contributed by atoms with Crippen molar-refractivity contribution in [3.63, 3.8) is 0 Å². The number of benzene rings is 2. The number of urea groups is 1. The second-order valence-electron chi connectivity index (χ2n) is 6.96. The Labute approximate surface area is 175 Å². The summed E-state index contributed by atoms with van der Waals surface area (Å²) >= 11 is 0. The van der Waals surface area contributed by atoms with Crippen molar-refractivity contribution in [2.45, 2.75) is 12.6 Å². The number of fused-ring (bicyclic) bond motifs is 1. The molecule has 1 aliphatic rings. The Balaban J connectivity index is 1.75. The number of aromatic nitrogens is 1. The van der Waals surface area contributed by atoms with Gasteiger partial charge in [-0.15, -0.1) is 0 Å². The monoisotopic (exact) mass is 407 g/mol. The molecule has 0 radical (unpaired) electrons. The third kappa shape index (κ3) is 3.54. The van der Waals surface area contributed by atoms with Crippen molar-refractivity contribution in [2.24, 2.45) is 0 Å². The second kappa shape index (κ2) is 8.41. The van der Waals surface area contributed by atoms with E-state index in [2.05, 4.69) is 9.88 Å². The largest absolute Gasteiger partial charge is 0.497 e. The summed E-state index contributed by atoms with van der Waals surface area (Å²) in [6.45, 7) is 1.26. The van der Waals surface area contributed by atoms with E-state index in [9.17, 15) is 4.79 Å². The van der Waals surface area contributed by atoms with E-state index in [0.717, 1.165) is 11.3 Å². The lowest BCUT2D eigenvalue weighted by molar-refractivity contribution is 0.180. The number of amides is 2. The summed E-state index contributed by atoms with van der Waals surface area (Å²) in [6, 6.07) is 16.5. The standard InChI is InChI=1S/C23H25N3O4/c1-28-16-10-11-20(29-2)17(15-16)22-19-8-6-12-25(19)13-14-26(22)23(27)24-18-7-4-5-9-21(18)30-3/h4-12,15,22H,13-14H2,1-3H3,(H,24,27)/t22-/m0/s1. The Kier molecular flexibility index (Phi) is 5.52. The van der Waals surface area contributed by atoms with Gasteiger partial charge in [0.2, 0.25) is 0 Å². The molecule has 1 N–H and O–H groups in total. The molecule has 2 heterocycles. The van der Waals surface area contributed by atoms with Crippen LogP contribution in [-0.2, 0) is 6.54 Å². The number of hydrogen-bond acceptors (Lipinski definition) is 4. The minimum absolute atomic E-state index is 0.207. The van der Waals surface area contributed by atoms with Crippen molar-refractivity contribution in [3.8, 4) is 17.2 Å². The molecule has 30 heavy (non-hydrogen) atoms. The number of rotatable bonds is 5. The predicted molar refractivity (Wildman–Crippen MR) is 115 cm³/mol. The van der Waals surface area contributed by atoms with Gasteiger partial charge in [0.15, 0.2) is 0 Å². The summed E-state index contributed by atoms with van der Waals surface area (Å²) in [7, 11) is 4.84. The highest BCUT2D eigenvalue weighted by Gasteiger charge is 2.34. The lowest BCUT2D eigenvalue weighted by Crippen LogP contribution is -2.44. The fraction of sp³-hybridized carbons (Fsp3) is 0.261. The molecule has 1 aliphatic heterocycles. The first-order valence-electron chi connectivity index (χ1n) is 9.74. The number of hydrogen-bond donors (Lipinski definition) is 1. The first-order chi connectivity index (χ1) is 14.7. The van der Waals surface area contributed by atoms with Crippen LogP contribution in [0.1, 0.15) is 17.3 Å². The first-order valence-corrected chi connectivity index (χ1v) is 9.74. The third-order valence-electron chi connectivity index (χ3n) is 5.38. The Morgan fingerprint density at radius 3 is 2.50 bits per heavy atom. The van der Waals surface area contributed by atoms with Gasteiger partial charge in [0.05, 0.1) is 27.0 Å². The minimum Gasteiger partial charge on any atom is -0.497 e. The van der Waals surface area contributed by atoms with Crippen LogP contribution in [0.15, 0.2) is 60.8 Å². The molecule has 0 aliphatic carbocycles. The quantitative estimate of drug-likeness (QED) is 0.690. The van der Waals surface area contributed by atoms with E-state index in [-0.39, 0.29) is 12.1 Å². The topological polar surface area (TPSA) is 65.0 Å². The van der Waals surface area contributed by atoms with E-state index in [4.69, 9.17) is 14.2 Å². The number of nitrogens with zero attached hydrogens (tertiary/aromatic N) is 2. The molecule has 3 aromatic rings. The van der Waals surface area contributed by atoms with E-state index in [1.54, 1.807) is 21.3 Å². The molecule has 7 heteroatoms. The molecule has 4 rings (SSSR count). The van der Waals surface area contributed by atoms with Gasteiger partial charge in [0.1, 0.15) is 23.3 Å². The average molecular weight is 407 g/mol. The van der Waals surface area contributed by atoms with Crippen molar-refractivity contribution in [1.29, 1.82) is 0 Å². The number of para-hydroxylation sites is 2. The molecular weight excluding hydrogens is 382 g/mol. The van der Waals surface area contributed by atoms with Crippen LogP contribution in [0.4, 0.5) is 10.5 Å². The van der Waals surface area contributed by atoms with Crippen LogP contribution in [0, 0.1) is 0 Å². The molecule has 0 fully saturated rings. The lowest BCUT2D eigenvalue weighted by atomic mass is 9.98. The SMILES string of the molecule is COc1ccc(OC)c([C@H]2c3cccn3CCN2C(=O)Nc2ccccc2OC)c1. The molecular formula is C23H25N3O4. The van der Waals surface area contributed by atoms with Gasteiger partial charge >= 0.3 is 6.03 Å². The van der Waals surface area contributed by atoms with Crippen LogP contribution < -0.4 is 19.5 Å². The molecule has 2 aromatic carbocycles. The number of carbonyl (C=O) groups is 1. The third-order valence-corrected chi connectivity index (χ3v) is 5.38.